The Kier molecular flexibility index (Phi) is 4.48. The van der Waals surface area contributed by atoms with Crippen molar-refractivity contribution in [2.45, 2.75) is 38.8 Å². The number of amides is 1. The normalized spacial score (nSPS) is 22.5. The Morgan fingerprint density at radius 3 is 2.79 bits per heavy atom. The number of halogens is 1. The topological polar surface area (TPSA) is 32.3 Å². The SMILES string of the molecule is CCN(Cc1ccccc1Cl)C(=O)C1(C)CCCN1. The smallest absolute Gasteiger partial charge is 0.242 e. The highest BCUT2D eigenvalue weighted by atomic mass is 35.5. The molecule has 1 aliphatic rings. The molecule has 0 aromatic heterocycles. The number of hydrogen-bond acceptors (Lipinski definition) is 2. The van der Waals surface area contributed by atoms with E-state index in [0.717, 1.165) is 30.0 Å². The minimum atomic E-state index is -0.405. The van der Waals surface area contributed by atoms with Gasteiger partial charge in [0.05, 0.1) is 5.54 Å². The van der Waals surface area contributed by atoms with Crippen LogP contribution in [0.2, 0.25) is 5.02 Å². The van der Waals surface area contributed by atoms with Crippen molar-refractivity contribution < 1.29 is 4.79 Å². The molecule has 3 nitrogen and oxygen atoms in total. The molecule has 1 saturated heterocycles. The lowest BCUT2D eigenvalue weighted by Crippen LogP contribution is -2.52. The molecule has 1 heterocycles. The van der Waals surface area contributed by atoms with Crippen molar-refractivity contribution in [3.8, 4) is 0 Å². The van der Waals surface area contributed by atoms with E-state index in [2.05, 4.69) is 5.32 Å². The highest BCUT2D eigenvalue weighted by Crippen LogP contribution is 2.23. The first-order valence-electron chi connectivity index (χ1n) is 6.84. The van der Waals surface area contributed by atoms with E-state index >= 15 is 0 Å². The fourth-order valence-corrected chi connectivity index (χ4v) is 2.78. The van der Waals surface area contributed by atoms with Crippen LogP contribution >= 0.6 is 11.6 Å². The van der Waals surface area contributed by atoms with Crippen molar-refractivity contribution in [3.05, 3.63) is 34.9 Å². The summed E-state index contributed by atoms with van der Waals surface area (Å²) < 4.78 is 0. The van der Waals surface area contributed by atoms with Crippen molar-refractivity contribution >= 4 is 17.5 Å². The minimum Gasteiger partial charge on any atom is -0.337 e. The summed E-state index contributed by atoms with van der Waals surface area (Å²) in [4.78, 5) is 14.5. The molecule has 1 aliphatic heterocycles. The first kappa shape index (κ1) is 14.4. The van der Waals surface area contributed by atoms with Gasteiger partial charge < -0.3 is 10.2 Å². The molecule has 0 radical (unpaired) electrons. The number of nitrogens with one attached hydrogen (secondary N) is 1. The third kappa shape index (κ3) is 3.10. The highest BCUT2D eigenvalue weighted by Gasteiger charge is 2.38. The van der Waals surface area contributed by atoms with Crippen molar-refractivity contribution in [2.75, 3.05) is 13.1 Å². The Morgan fingerprint density at radius 2 is 2.21 bits per heavy atom. The lowest BCUT2D eigenvalue weighted by atomic mass is 9.98. The van der Waals surface area contributed by atoms with Gasteiger partial charge in [0, 0.05) is 18.1 Å². The van der Waals surface area contributed by atoms with Gasteiger partial charge in [0.25, 0.3) is 0 Å². The fraction of sp³-hybridized carbons (Fsp3) is 0.533. The first-order valence-corrected chi connectivity index (χ1v) is 7.22. The van der Waals surface area contributed by atoms with Crippen LogP contribution in [0.1, 0.15) is 32.3 Å². The largest absolute Gasteiger partial charge is 0.337 e. The van der Waals surface area contributed by atoms with Crippen LogP contribution in [0.25, 0.3) is 0 Å². The molecule has 0 spiro atoms. The molecule has 1 aromatic rings. The van der Waals surface area contributed by atoms with E-state index < -0.39 is 5.54 Å². The molecule has 1 amide bonds. The van der Waals surface area contributed by atoms with Gasteiger partial charge in [-0.2, -0.15) is 0 Å². The van der Waals surface area contributed by atoms with Crippen LogP contribution in [0, 0.1) is 0 Å². The van der Waals surface area contributed by atoms with Gasteiger partial charge in [-0.1, -0.05) is 29.8 Å². The summed E-state index contributed by atoms with van der Waals surface area (Å²) in [5, 5.41) is 4.04. The zero-order valence-corrected chi connectivity index (χ0v) is 12.3. The van der Waals surface area contributed by atoms with Crippen molar-refractivity contribution in [3.63, 3.8) is 0 Å². The quantitative estimate of drug-likeness (QED) is 0.920. The van der Waals surface area contributed by atoms with Crippen molar-refractivity contribution in [1.82, 2.24) is 10.2 Å². The maximum atomic E-state index is 12.6. The van der Waals surface area contributed by atoms with E-state index in [1.54, 1.807) is 0 Å². The molecule has 1 N–H and O–H groups in total. The molecular weight excluding hydrogens is 260 g/mol. The molecular formula is C15H21ClN2O. The molecule has 19 heavy (non-hydrogen) atoms. The number of carbonyl (C=O) groups is 1. The number of hydrogen-bond donors (Lipinski definition) is 1. The summed E-state index contributed by atoms with van der Waals surface area (Å²) in [5.74, 6) is 0.174. The van der Waals surface area contributed by atoms with Crippen LogP contribution in [0.15, 0.2) is 24.3 Å². The van der Waals surface area contributed by atoms with Crippen LogP contribution in [-0.4, -0.2) is 29.4 Å². The Bertz CT molecular complexity index is 455. The third-order valence-corrected chi connectivity index (χ3v) is 4.20. The average molecular weight is 281 g/mol. The Hall–Kier alpha value is -1.06. The van der Waals surface area contributed by atoms with Gasteiger partial charge in [-0.3, -0.25) is 4.79 Å². The maximum absolute atomic E-state index is 12.6. The molecule has 4 heteroatoms. The highest BCUT2D eigenvalue weighted by molar-refractivity contribution is 6.31. The van der Waals surface area contributed by atoms with E-state index in [0.29, 0.717) is 13.1 Å². The van der Waals surface area contributed by atoms with Crippen molar-refractivity contribution in [1.29, 1.82) is 0 Å². The molecule has 0 aliphatic carbocycles. The molecule has 104 valence electrons. The Morgan fingerprint density at radius 1 is 1.47 bits per heavy atom. The van der Waals surface area contributed by atoms with Gasteiger partial charge in [-0.25, -0.2) is 0 Å². The molecule has 1 fully saturated rings. The second-order valence-electron chi connectivity index (χ2n) is 5.27. The number of benzene rings is 1. The van der Waals surface area contributed by atoms with Crippen LogP contribution in [0.4, 0.5) is 0 Å². The number of likely N-dealkylation sites (N-methyl/N-ethyl adjacent to an activating group) is 1. The van der Waals surface area contributed by atoms with Gasteiger partial charge >= 0.3 is 0 Å². The molecule has 0 bridgehead atoms. The lowest BCUT2D eigenvalue weighted by molar-refractivity contribution is -0.137. The predicted octanol–water partition coefficient (Wildman–Crippen LogP) is 2.83. The summed E-state index contributed by atoms with van der Waals surface area (Å²) in [5.41, 5.74) is 0.595. The summed E-state index contributed by atoms with van der Waals surface area (Å²) in [6, 6.07) is 7.70. The average Bonchev–Trinajstić information content (AvgIpc) is 2.85. The number of carbonyl (C=O) groups excluding carboxylic acids is 1. The van der Waals surface area contributed by atoms with E-state index in [1.807, 2.05) is 43.0 Å². The monoisotopic (exact) mass is 280 g/mol. The van der Waals surface area contributed by atoms with Crippen LogP contribution in [0.3, 0.4) is 0 Å². The first-order chi connectivity index (χ1) is 9.07. The molecule has 1 aromatic carbocycles. The van der Waals surface area contributed by atoms with E-state index in [-0.39, 0.29) is 5.91 Å². The Balaban J connectivity index is 2.12. The summed E-state index contributed by atoms with van der Waals surface area (Å²) in [6.07, 6.45) is 1.97. The van der Waals surface area contributed by atoms with Gasteiger partial charge in [0.15, 0.2) is 0 Å². The van der Waals surface area contributed by atoms with Crippen LogP contribution in [0.5, 0.6) is 0 Å². The van der Waals surface area contributed by atoms with E-state index in [9.17, 15) is 4.79 Å². The number of nitrogens with zero attached hydrogens (tertiary/aromatic N) is 1. The molecule has 1 atom stereocenters. The van der Waals surface area contributed by atoms with Gasteiger partial charge in [-0.15, -0.1) is 0 Å². The minimum absolute atomic E-state index is 0.174. The second-order valence-corrected chi connectivity index (χ2v) is 5.68. The van der Waals surface area contributed by atoms with Crippen LogP contribution in [-0.2, 0) is 11.3 Å². The fourth-order valence-electron chi connectivity index (χ4n) is 2.59. The van der Waals surface area contributed by atoms with Gasteiger partial charge in [0.2, 0.25) is 5.91 Å². The molecule has 0 saturated carbocycles. The standard InChI is InChI=1S/C15H21ClN2O/c1-3-18(11-12-7-4-5-8-13(12)16)14(19)15(2)9-6-10-17-15/h4-5,7-8,17H,3,6,9-11H2,1-2H3. The van der Waals surface area contributed by atoms with E-state index in [4.69, 9.17) is 11.6 Å². The van der Waals surface area contributed by atoms with Gasteiger partial charge in [0.1, 0.15) is 0 Å². The Labute approximate surface area is 119 Å². The maximum Gasteiger partial charge on any atom is 0.242 e. The van der Waals surface area contributed by atoms with Crippen molar-refractivity contribution in [2.24, 2.45) is 0 Å². The second kappa shape index (κ2) is 5.93. The summed E-state index contributed by atoms with van der Waals surface area (Å²) >= 11 is 6.17. The zero-order valence-electron chi connectivity index (χ0n) is 11.6. The zero-order chi connectivity index (χ0) is 13.9. The summed E-state index contributed by atoms with van der Waals surface area (Å²) in [7, 11) is 0. The van der Waals surface area contributed by atoms with E-state index in [1.165, 1.54) is 0 Å². The predicted molar refractivity (Wildman–Crippen MR) is 78.2 cm³/mol. The molecule has 1 unspecified atom stereocenters. The number of rotatable bonds is 4. The lowest BCUT2D eigenvalue weighted by Gasteiger charge is -2.31. The third-order valence-electron chi connectivity index (χ3n) is 3.83. The summed E-state index contributed by atoms with van der Waals surface area (Å²) in [6.45, 7) is 6.20. The van der Waals surface area contributed by atoms with Crippen LogP contribution < -0.4 is 5.32 Å². The molecule has 2 rings (SSSR count). The van der Waals surface area contributed by atoms with Gasteiger partial charge in [-0.05, 0) is 44.9 Å².